The number of benzene rings is 13. The fraction of sp³-hybridized carbons (Fsp3) is 0. The molecule has 0 fully saturated rings. The molecule has 0 aliphatic heterocycles. The fourth-order valence-electron chi connectivity index (χ4n) is 14.4. The maximum atomic E-state index is 7.09. The van der Waals surface area contributed by atoms with Crippen LogP contribution in [0, 0.1) is 0 Å². The number of anilines is 6. The maximum Gasteiger partial charge on any atom is 0.159 e. The van der Waals surface area contributed by atoms with Gasteiger partial charge >= 0.3 is 0 Å². The topological polar surface area (TPSA) is 41.6 Å². The second-order valence-electron chi connectivity index (χ2n) is 22.3. The Bertz CT molecular complexity index is 5490. The van der Waals surface area contributed by atoms with Crippen molar-refractivity contribution >= 4 is 154 Å². The first kappa shape index (κ1) is 45.4. The molecule has 6 heteroatoms. The Labute approximate surface area is 480 Å². The lowest BCUT2D eigenvalue weighted by Gasteiger charge is -2.25. The summed E-state index contributed by atoms with van der Waals surface area (Å²) in [5, 5.41) is 14.2. The Morgan fingerprint density at radius 2 is 0.560 bits per heavy atom. The lowest BCUT2D eigenvalue weighted by molar-refractivity contribution is 0.670. The van der Waals surface area contributed by atoms with Crippen molar-refractivity contribution in [2.24, 2.45) is 0 Å². The zero-order valence-electron chi connectivity index (χ0n) is 45.2. The van der Waals surface area contributed by atoms with Gasteiger partial charge in [-0.15, -0.1) is 0 Å². The van der Waals surface area contributed by atoms with Crippen LogP contribution in [0.1, 0.15) is 0 Å². The molecule has 0 bridgehead atoms. The summed E-state index contributed by atoms with van der Waals surface area (Å²) in [6.07, 6.45) is 0. The summed E-state index contributed by atoms with van der Waals surface area (Å²) in [5.74, 6) is 0. The minimum atomic E-state index is 0.847. The SMILES string of the molecule is c1ccc(-c2cccc3c2oc2c(N(c4ccccc4)c4ccc5c6cccc7c8cc9c(cc8n(c5c4)c67)c4cccc5c6ccc(N(c7ccccc7)c7cccc8c7oc7c(-c%10ccccc%10)cccc78)cc6n9c54)cccc23)cc1. The van der Waals surface area contributed by atoms with Gasteiger partial charge in [0, 0.05) is 98.5 Å². The zero-order valence-corrected chi connectivity index (χ0v) is 45.2. The molecule has 0 radical (unpaired) electrons. The van der Waals surface area contributed by atoms with Gasteiger partial charge in [-0.1, -0.05) is 206 Å². The Kier molecular flexibility index (Phi) is 9.24. The highest BCUT2D eigenvalue weighted by Gasteiger charge is 2.27. The third kappa shape index (κ3) is 6.23. The molecule has 13 aromatic carbocycles. The molecule has 0 atom stereocenters. The zero-order chi connectivity index (χ0) is 54.7. The van der Waals surface area contributed by atoms with Gasteiger partial charge in [-0.2, -0.15) is 0 Å². The lowest BCUT2D eigenvalue weighted by Crippen LogP contribution is -2.10. The smallest absolute Gasteiger partial charge is 0.159 e. The lowest BCUT2D eigenvalue weighted by atomic mass is 10.0. The number of furan rings is 2. The van der Waals surface area contributed by atoms with E-state index >= 15 is 0 Å². The highest BCUT2D eigenvalue weighted by atomic mass is 16.3. The molecule has 0 aliphatic rings. The summed E-state index contributed by atoms with van der Waals surface area (Å²) in [4.78, 5) is 4.73. The van der Waals surface area contributed by atoms with E-state index in [4.69, 9.17) is 8.83 Å². The number of para-hydroxylation sites is 8. The minimum Gasteiger partial charge on any atom is -0.453 e. The van der Waals surface area contributed by atoms with Crippen LogP contribution in [0.3, 0.4) is 0 Å². The second-order valence-corrected chi connectivity index (χ2v) is 22.3. The molecule has 0 saturated carbocycles. The van der Waals surface area contributed by atoms with Crippen LogP contribution in [-0.4, -0.2) is 8.80 Å². The molecule has 6 aromatic heterocycles. The molecule has 0 aliphatic carbocycles. The average molecular weight is 1070 g/mol. The van der Waals surface area contributed by atoms with Gasteiger partial charge in [-0.3, -0.25) is 0 Å². The van der Waals surface area contributed by atoms with Gasteiger partial charge in [0.1, 0.15) is 11.2 Å². The van der Waals surface area contributed by atoms with Crippen LogP contribution in [0.2, 0.25) is 0 Å². The number of rotatable bonds is 8. The molecule has 19 rings (SSSR count). The highest BCUT2D eigenvalue weighted by Crippen LogP contribution is 2.50. The van der Waals surface area contributed by atoms with E-state index in [1.54, 1.807) is 0 Å². The van der Waals surface area contributed by atoms with Crippen molar-refractivity contribution in [1.29, 1.82) is 0 Å². The standard InChI is InChI=1S/C78H46N4O2/c1-5-19-47(20-6-1)53-27-13-33-61-63-35-17-37-67(77(63)83-75(53)61)79(49-23-9-3-10-24-49)51-39-41-55-57-29-15-31-59-65-46-72-66(45-71(65)81(73(57)59)69(55)43-51)60-32-16-30-58-56-42-40-52(44-70(56)82(72)74(58)60)80(50-25-11-4-12-26-50)68-38-18-36-64-62-34-14-28-54(76(62)84-78(64)68)48-21-7-2-8-22-48/h1-46H. The minimum absolute atomic E-state index is 0.847. The Balaban J connectivity index is 0.817. The van der Waals surface area contributed by atoms with Crippen LogP contribution in [-0.2, 0) is 0 Å². The highest BCUT2D eigenvalue weighted by molar-refractivity contribution is 6.29. The average Bonchev–Trinajstić information content (AvgIpc) is 1.79. The first-order valence-corrected chi connectivity index (χ1v) is 28.7. The Hall–Kier alpha value is -11.3. The van der Waals surface area contributed by atoms with E-state index in [2.05, 4.69) is 298 Å². The van der Waals surface area contributed by atoms with Crippen LogP contribution in [0.25, 0.3) is 142 Å². The molecule has 19 aromatic rings. The van der Waals surface area contributed by atoms with E-state index < -0.39 is 0 Å². The molecule has 0 unspecified atom stereocenters. The summed E-state index contributed by atoms with van der Waals surface area (Å²) in [5.41, 5.74) is 21.2. The largest absolute Gasteiger partial charge is 0.453 e. The molecule has 0 amide bonds. The van der Waals surface area contributed by atoms with Crippen LogP contribution in [0.5, 0.6) is 0 Å². The van der Waals surface area contributed by atoms with Gasteiger partial charge in [-0.25, -0.2) is 0 Å². The van der Waals surface area contributed by atoms with E-state index in [1.807, 2.05) is 0 Å². The molecule has 390 valence electrons. The van der Waals surface area contributed by atoms with Crippen LogP contribution < -0.4 is 9.80 Å². The number of aromatic nitrogens is 2. The Morgan fingerprint density at radius 3 is 0.976 bits per heavy atom. The van der Waals surface area contributed by atoms with Crippen molar-refractivity contribution in [3.63, 3.8) is 0 Å². The van der Waals surface area contributed by atoms with E-state index in [0.717, 1.165) is 111 Å². The van der Waals surface area contributed by atoms with Crippen molar-refractivity contribution in [2.45, 2.75) is 0 Å². The van der Waals surface area contributed by atoms with Crippen LogP contribution in [0.4, 0.5) is 34.1 Å². The number of hydrogen-bond donors (Lipinski definition) is 0. The second kappa shape index (κ2) is 17.1. The first-order valence-electron chi connectivity index (χ1n) is 28.7. The molecule has 6 heterocycles. The summed E-state index contributed by atoms with van der Waals surface area (Å²) in [7, 11) is 0. The van der Waals surface area contributed by atoms with E-state index in [1.165, 1.54) is 65.2 Å². The predicted molar refractivity (Wildman–Crippen MR) is 351 cm³/mol. The fourth-order valence-corrected chi connectivity index (χ4v) is 14.4. The van der Waals surface area contributed by atoms with E-state index in [9.17, 15) is 0 Å². The van der Waals surface area contributed by atoms with Gasteiger partial charge in [0.15, 0.2) is 11.2 Å². The summed E-state index contributed by atoms with van der Waals surface area (Å²) >= 11 is 0. The molecule has 0 spiro atoms. The first-order chi connectivity index (χ1) is 41.7. The van der Waals surface area contributed by atoms with Crippen molar-refractivity contribution in [2.75, 3.05) is 9.80 Å². The van der Waals surface area contributed by atoms with E-state index in [-0.39, 0.29) is 0 Å². The van der Waals surface area contributed by atoms with Crippen molar-refractivity contribution in [3.8, 4) is 22.3 Å². The molecule has 84 heavy (non-hydrogen) atoms. The summed E-state index contributed by atoms with van der Waals surface area (Å²) in [6, 6.07) is 101. The van der Waals surface area contributed by atoms with Gasteiger partial charge in [0.05, 0.1) is 44.5 Å². The number of nitrogens with zero attached hydrogens (tertiary/aromatic N) is 4. The molecule has 0 saturated heterocycles. The van der Waals surface area contributed by atoms with E-state index in [0.29, 0.717) is 0 Å². The summed E-state index contributed by atoms with van der Waals surface area (Å²) in [6.45, 7) is 0. The normalized spacial score (nSPS) is 12.3. The third-order valence-corrected chi connectivity index (χ3v) is 17.9. The van der Waals surface area contributed by atoms with Crippen LogP contribution >= 0.6 is 0 Å². The Morgan fingerprint density at radius 1 is 0.226 bits per heavy atom. The van der Waals surface area contributed by atoms with Crippen molar-refractivity contribution in [3.05, 3.63) is 279 Å². The molecule has 6 nitrogen and oxygen atoms in total. The molecular formula is C78H46N4O2. The molecular weight excluding hydrogens is 1020 g/mol. The number of hydrogen-bond acceptors (Lipinski definition) is 4. The van der Waals surface area contributed by atoms with Gasteiger partial charge < -0.3 is 27.4 Å². The van der Waals surface area contributed by atoms with Gasteiger partial charge in [0.25, 0.3) is 0 Å². The van der Waals surface area contributed by atoms with Crippen molar-refractivity contribution in [1.82, 2.24) is 8.80 Å². The number of fused-ring (bicyclic) bond motifs is 18. The van der Waals surface area contributed by atoms with Crippen LogP contribution in [0.15, 0.2) is 288 Å². The summed E-state index contributed by atoms with van der Waals surface area (Å²) < 4.78 is 19.2. The maximum absolute atomic E-state index is 7.09. The molecule has 0 N–H and O–H groups in total. The predicted octanol–water partition coefficient (Wildman–Crippen LogP) is 22.1. The van der Waals surface area contributed by atoms with Gasteiger partial charge in [-0.05, 0) is 83.9 Å². The van der Waals surface area contributed by atoms with Crippen molar-refractivity contribution < 1.29 is 8.83 Å². The van der Waals surface area contributed by atoms with Gasteiger partial charge in [0.2, 0.25) is 0 Å². The third-order valence-electron chi connectivity index (χ3n) is 17.9. The quantitative estimate of drug-likeness (QED) is 0.152. The monoisotopic (exact) mass is 1070 g/mol.